The van der Waals surface area contributed by atoms with Gasteiger partial charge in [0.15, 0.2) is 6.54 Å². The Bertz CT molecular complexity index is 758. The lowest BCUT2D eigenvalue weighted by Crippen LogP contribution is -3.16. The highest BCUT2D eigenvalue weighted by Gasteiger charge is 2.24. The van der Waals surface area contributed by atoms with E-state index in [1.54, 1.807) is 0 Å². The normalized spacial score (nSPS) is 15.7. The number of quaternary nitrogens is 1. The van der Waals surface area contributed by atoms with E-state index in [1.807, 2.05) is 25.1 Å². The summed E-state index contributed by atoms with van der Waals surface area (Å²) in [6.45, 7) is 9.92. The molecule has 0 spiro atoms. The fourth-order valence-corrected chi connectivity index (χ4v) is 3.99. The van der Waals surface area contributed by atoms with Crippen LogP contribution < -0.4 is 19.9 Å². The van der Waals surface area contributed by atoms with Crippen LogP contribution in [0.3, 0.4) is 0 Å². The molecule has 5 nitrogen and oxygen atoms in total. The number of hydrogen-bond acceptors (Lipinski definition) is 3. The number of hydrogen-bond donors (Lipinski definition) is 2. The van der Waals surface area contributed by atoms with Gasteiger partial charge in [-0.2, -0.15) is 0 Å². The van der Waals surface area contributed by atoms with Crippen LogP contribution in [0.2, 0.25) is 0 Å². The van der Waals surface area contributed by atoms with E-state index >= 15 is 0 Å². The van der Waals surface area contributed by atoms with Crippen LogP contribution in [0.15, 0.2) is 54.6 Å². The fourth-order valence-electron chi connectivity index (χ4n) is 3.99. The van der Waals surface area contributed by atoms with Gasteiger partial charge in [-0.05, 0) is 31.0 Å². The molecule has 0 saturated carbocycles. The van der Waals surface area contributed by atoms with Gasteiger partial charge in [0.05, 0.1) is 38.5 Å². The number of anilines is 1. The van der Waals surface area contributed by atoms with Crippen molar-refractivity contribution < 1.29 is 14.4 Å². The van der Waals surface area contributed by atoms with E-state index in [4.69, 9.17) is 4.74 Å². The second-order valence-corrected chi connectivity index (χ2v) is 7.63. The lowest BCUT2D eigenvalue weighted by molar-refractivity contribution is -0.892. The molecular weight excluding hydrogens is 362 g/mol. The molecule has 0 aliphatic carbocycles. The number of carbonyl (C=O) groups is 1. The van der Waals surface area contributed by atoms with Crippen LogP contribution in [0, 0.1) is 0 Å². The zero-order valence-corrected chi connectivity index (χ0v) is 17.7. The molecule has 1 heterocycles. The van der Waals surface area contributed by atoms with E-state index in [-0.39, 0.29) is 5.91 Å². The van der Waals surface area contributed by atoms with Crippen molar-refractivity contribution in [3.63, 3.8) is 0 Å². The van der Waals surface area contributed by atoms with Gasteiger partial charge in [-0.25, -0.2) is 0 Å². The van der Waals surface area contributed by atoms with Crippen LogP contribution in [-0.2, 0) is 4.79 Å². The summed E-state index contributed by atoms with van der Waals surface area (Å²) in [5.41, 5.74) is 2.45. The van der Waals surface area contributed by atoms with Crippen molar-refractivity contribution in [3.8, 4) is 5.75 Å². The zero-order valence-electron chi connectivity index (χ0n) is 17.7. The molecule has 1 amide bonds. The van der Waals surface area contributed by atoms with Crippen molar-refractivity contribution >= 4 is 11.6 Å². The average Bonchev–Trinajstić information content (AvgIpc) is 2.76. The van der Waals surface area contributed by atoms with Crippen LogP contribution in [-0.4, -0.2) is 51.8 Å². The maximum atomic E-state index is 12.5. The number of para-hydroxylation sites is 2. The first-order valence-electron chi connectivity index (χ1n) is 10.8. The van der Waals surface area contributed by atoms with E-state index in [2.05, 4.69) is 53.5 Å². The summed E-state index contributed by atoms with van der Waals surface area (Å²) in [7, 11) is 0. The summed E-state index contributed by atoms with van der Waals surface area (Å²) >= 11 is 0. The van der Waals surface area contributed by atoms with Gasteiger partial charge in [0.25, 0.3) is 5.91 Å². The summed E-state index contributed by atoms with van der Waals surface area (Å²) in [5.74, 6) is 1.47. The predicted molar refractivity (Wildman–Crippen MR) is 118 cm³/mol. The van der Waals surface area contributed by atoms with E-state index in [0.717, 1.165) is 44.0 Å². The molecule has 2 aromatic rings. The molecular formula is C24H34N3O2+. The topological polar surface area (TPSA) is 46.0 Å². The SMILES string of the molecule is CCOc1ccccc1N1CC[NH+](CC(=O)NC[C@H](CC)c2ccccc2)CC1. The number of carbonyl (C=O) groups excluding carboxylic acids is 1. The zero-order chi connectivity index (χ0) is 20.5. The molecule has 29 heavy (non-hydrogen) atoms. The van der Waals surface area contributed by atoms with Crippen molar-refractivity contribution in [2.24, 2.45) is 0 Å². The third-order valence-electron chi connectivity index (χ3n) is 5.70. The van der Waals surface area contributed by atoms with Crippen molar-refractivity contribution in [2.45, 2.75) is 26.2 Å². The Morgan fingerprint density at radius 3 is 2.45 bits per heavy atom. The van der Waals surface area contributed by atoms with Gasteiger partial charge < -0.3 is 19.9 Å². The predicted octanol–water partition coefficient (Wildman–Crippen LogP) is 2.10. The van der Waals surface area contributed by atoms with Crippen molar-refractivity contribution in [1.82, 2.24) is 5.32 Å². The molecule has 1 fully saturated rings. The Morgan fingerprint density at radius 2 is 1.76 bits per heavy atom. The first kappa shape index (κ1) is 21.2. The molecule has 0 radical (unpaired) electrons. The molecule has 5 heteroatoms. The van der Waals surface area contributed by atoms with E-state index < -0.39 is 0 Å². The van der Waals surface area contributed by atoms with Gasteiger partial charge in [-0.1, -0.05) is 49.4 Å². The largest absolute Gasteiger partial charge is 0.492 e. The van der Waals surface area contributed by atoms with Gasteiger partial charge in [-0.15, -0.1) is 0 Å². The van der Waals surface area contributed by atoms with Crippen LogP contribution in [0.4, 0.5) is 5.69 Å². The number of piperazine rings is 1. The van der Waals surface area contributed by atoms with Gasteiger partial charge in [0.2, 0.25) is 0 Å². The summed E-state index contributed by atoms with van der Waals surface area (Å²) in [4.78, 5) is 16.2. The Labute approximate surface area is 174 Å². The molecule has 1 atom stereocenters. The maximum absolute atomic E-state index is 12.5. The molecule has 0 bridgehead atoms. The minimum Gasteiger partial charge on any atom is -0.492 e. The summed E-state index contributed by atoms with van der Waals surface area (Å²) in [6.07, 6.45) is 1.02. The van der Waals surface area contributed by atoms with Crippen LogP contribution in [0.1, 0.15) is 31.7 Å². The Kier molecular flexibility index (Phi) is 7.94. The Morgan fingerprint density at radius 1 is 1.07 bits per heavy atom. The van der Waals surface area contributed by atoms with Gasteiger partial charge in [0, 0.05) is 12.5 Å². The number of nitrogens with zero attached hydrogens (tertiary/aromatic N) is 1. The molecule has 2 aromatic carbocycles. The standard InChI is InChI=1S/C24H33N3O2/c1-3-20(21-10-6-5-7-11-21)18-25-24(28)19-26-14-16-27(17-15-26)22-12-8-9-13-23(22)29-4-2/h5-13,20H,3-4,14-19H2,1-2H3,(H,25,28)/p+1/t20-/m0/s1. The lowest BCUT2D eigenvalue weighted by atomic mass is 9.96. The van der Waals surface area contributed by atoms with Crippen LogP contribution >= 0.6 is 0 Å². The molecule has 1 saturated heterocycles. The fraction of sp³-hybridized carbons (Fsp3) is 0.458. The van der Waals surface area contributed by atoms with Crippen molar-refractivity contribution in [3.05, 3.63) is 60.2 Å². The Hall–Kier alpha value is -2.53. The molecule has 0 aromatic heterocycles. The second-order valence-electron chi connectivity index (χ2n) is 7.63. The number of amides is 1. The highest BCUT2D eigenvalue weighted by atomic mass is 16.5. The smallest absolute Gasteiger partial charge is 0.275 e. The highest BCUT2D eigenvalue weighted by molar-refractivity contribution is 5.76. The molecule has 1 aliphatic rings. The van der Waals surface area contributed by atoms with Gasteiger partial charge in [0.1, 0.15) is 5.75 Å². The summed E-state index contributed by atoms with van der Waals surface area (Å²) in [6, 6.07) is 18.7. The van der Waals surface area contributed by atoms with E-state index in [1.165, 1.54) is 10.5 Å². The number of ether oxygens (including phenoxy) is 1. The first-order chi connectivity index (χ1) is 14.2. The molecule has 1 aliphatic heterocycles. The molecule has 3 rings (SSSR count). The number of benzene rings is 2. The quantitative estimate of drug-likeness (QED) is 0.682. The third-order valence-corrected chi connectivity index (χ3v) is 5.70. The monoisotopic (exact) mass is 396 g/mol. The summed E-state index contributed by atoms with van der Waals surface area (Å²) in [5, 5.41) is 3.15. The third kappa shape index (κ3) is 5.97. The van der Waals surface area contributed by atoms with Crippen molar-refractivity contribution in [2.75, 3.05) is 50.8 Å². The number of nitrogens with one attached hydrogen (secondary N) is 2. The molecule has 156 valence electrons. The van der Waals surface area contributed by atoms with Gasteiger partial charge in [-0.3, -0.25) is 4.79 Å². The van der Waals surface area contributed by atoms with Crippen molar-refractivity contribution in [1.29, 1.82) is 0 Å². The Balaban J connectivity index is 1.45. The average molecular weight is 397 g/mol. The maximum Gasteiger partial charge on any atom is 0.275 e. The number of rotatable bonds is 9. The molecule has 2 N–H and O–H groups in total. The lowest BCUT2D eigenvalue weighted by Gasteiger charge is -2.34. The van der Waals surface area contributed by atoms with Crippen LogP contribution in [0.25, 0.3) is 0 Å². The van der Waals surface area contributed by atoms with E-state index in [9.17, 15) is 4.79 Å². The first-order valence-corrected chi connectivity index (χ1v) is 10.8. The minimum atomic E-state index is 0.151. The minimum absolute atomic E-state index is 0.151. The highest BCUT2D eigenvalue weighted by Crippen LogP contribution is 2.27. The van der Waals surface area contributed by atoms with Crippen LogP contribution in [0.5, 0.6) is 5.75 Å². The summed E-state index contributed by atoms with van der Waals surface area (Å²) < 4.78 is 5.77. The second kappa shape index (κ2) is 10.9. The molecule has 0 unspecified atom stereocenters. The van der Waals surface area contributed by atoms with Gasteiger partial charge >= 0.3 is 0 Å². The van der Waals surface area contributed by atoms with E-state index in [0.29, 0.717) is 25.6 Å².